The number of rotatable bonds is 3. The highest BCUT2D eigenvalue weighted by Gasteiger charge is 2.09. The van der Waals surface area contributed by atoms with Crippen LogP contribution < -0.4 is 5.32 Å². The normalized spacial score (nSPS) is 11.3. The molecule has 0 unspecified atom stereocenters. The fourth-order valence-corrected chi connectivity index (χ4v) is 2.42. The Morgan fingerprint density at radius 2 is 2.10 bits per heavy atom. The molecule has 4 rings (SSSR count). The molecule has 0 radical (unpaired) electrons. The van der Waals surface area contributed by atoms with Gasteiger partial charge in [-0.2, -0.15) is 0 Å². The molecule has 0 spiro atoms. The first-order valence-corrected chi connectivity index (χ1v) is 6.61. The molecule has 0 atom stereocenters. The summed E-state index contributed by atoms with van der Waals surface area (Å²) in [6.45, 7) is 0.580. The highest BCUT2D eigenvalue weighted by Crippen LogP contribution is 2.17. The predicted molar refractivity (Wildman–Crippen MR) is 79.7 cm³/mol. The van der Waals surface area contributed by atoms with Gasteiger partial charge in [-0.3, -0.25) is 0 Å². The Bertz CT molecular complexity index is 921. The van der Waals surface area contributed by atoms with Crippen LogP contribution in [-0.2, 0) is 13.6 Å². The summed E-state index contributed by atoms with van der Waals surface area (Å²) in [7, 11) is 2.01. The topological polar surface area (TPSA) is 84.3 Å². The summed E-state index contributed by atoms with van der Waals surface area (Å²) in [5.41, 5.74) is 3.56. The molecule has 0 aliphatic heterocycles. The van der Waals surface area contributed by atoms with Gasteiger partial charge < -0.3 is 14.9 Å². The van der Waals surface area contributed by atoms with Gasteiger partial charge in [-0.05, 0) is 12.1 Å². The molecule has 0 aliphatic rings. The number of hydrogen-bond donors (Lipinski definition) is 2. The fourth-order valence-electron chi connectivity index (χ4n) is 2.42. The minimum atomic E-state index is 0.580. The molecule has 0 saturated carbocycles. The SMILES string of the molecule is Cn1c(CNc2ncnc3nc[nH]c23)nc2ccccc21. The van der Waals surface area contributed by atoms with Gasteiger partial charge in [-0.25, -0.2) is 19.9 Å². The Labute approximate surface area is 120 Å². The molecule has 7 heteroatoms. The maximum atomic E-state index is 4.63. The third-order valence-corrected chi connectivity index (χ3v) is 3.52. The van der Waals surface area contributed by atoms with Crippen LogP contribution in [-0.4, -0.2) is 29.5 Å². The number of H-pyrrole nitrogens is 1. The van der Waals surface area contributed by atoms with Gasteiger partial charge in [0.15, 0.2) is 11.5 Å². The first-order chi connectivity index (χ1) is 10.3. The number of hydrogen-bond acceptors (Lipinski definition) is 5. The van der Waals surface area contributed by atoms with Crippen molar-refractivity contribution in [1.82, 2.24) is 29.5 Å². The van der Waals surface area contributed by atoms with Gasteiger partial charge in [0.1, 0.15) is 17.7 Å². The number of nitrogens with zero attached hydrogens (tertiary/aromatic N) is 5. The molecule has 104 valence electrons. The number of nitrogens with one attached hydrogen (secondary N) is 2. The Morgan fingerprint density at radius 1 is 1.19 bits per heavy atom. The predicted octanol–water partition coefficient (Wildman–Crippen LogP) is 1.85. The second-order valence-electron chi connectivity index (χ2n) is 4.75. The quantitative estimate of drug-likeness (QED) is 0.598. The number of imidazole rings is 2. The third-order valence-electron chi connectivity index (χ3n) is 3.52. The Balaban J connectivity index is 1.66. The maximum absolute atomic E-state index is 4.63. The van der Waals surface area contributed by atoms with Crippen molar-refractivity contribution in [3.63, 3.8) is 0 Å². The second-order valence-corrected chi connectivity index (χ2v) is 4.75. The van der Waals surface area contributed by atoms with Gasteiger partial charge >= 0.3 is 0 Å². The van der Waals surface area contributed by atoms with Crippen molar-refractivity contribution in [2.24, 2.45) is 7.05 Å². The average molecular weight is 279 g/mol. The van der Waals surface area contributed by atoms with Gasteiger partial charge in [0.25, 0.3) is 0 Å². The lowest BCUT2D eigenvalue weighted by Gasteiger charge is -2.06. The van der Waals surface area contributed by atoms with E-state index in [1.54, 1.807) is 6.33 Å². The van der Waals surface area contributed by atoms with E-state index in [-0.39, 0.29) is 0 Å². The largest absolute Gasteiger partial charge is 0.361 e. The van der Waals surface area contributed by atoms with E-state index in [0.29, 0.717) is 12.2 Å². The molecular weight excluding hydrogens is 266 g/mol. The van der Waals surface area contributed by atoms with Crippen LogP contribution in [0.4, 0.5) is 5.82 Å². The molecule has 2 N–H and O–H groups in total. The lowest BCUT2D eigenvalue weighted by Crippen LogP contribution is -2.07. The lowest BCUT2D eigenvalue weighted by molar-refractivity contribution is 0.832. The molecule has 3 heterocycles. The summed E-state index contributed by atoms with van der Waals surface area (Å²) in [5, 5.41) is 3.29. The van der Waals surface area contributed by atoms with Gasteiger partial charge in [0.2, 0.25) is 0 Å². The lowest BCUT2D eigenvalue weighted by atomic mass is 10.3. The van der Waals surface area contributed by atoms with Crippen LogP contribution in [0.3, 0.4) is 0 Å². The summed E-state index contributed by atoms with van der Waals surface area (Å²) in [4.78, 5) is 20.1. The zero-order valence-corrected chi connectivity index (χ0v) is 11.4. The molecule has 3 aromatic heterocycles. The molecule has 0 saturated heterocycles. The van der Waals surface area contributed by atoms with E-state index in [4.69, 9.17) is 0 Å². The number of anilines is 1. The van der Waals surface area contributed by atoms with Crippen LogP contribution in [0.15, 0.2) is 36.9 Å². The van der Waals surface area contributed by atoms with Crippen LogP contribution in [0.25, 0.3) is 22.2 Å². The van der Waals surface area contributed by atoms with Crippen LogP contribution in [0.2, 0.25) is 0 Å². The summed E-state index contributed by atoms with van der Waals surface area (Å²) in [5.74, 6) is 1.67. The van der Waals surface area contributed by atoms with E-state index >= 15 is 0 Å². The summed E-state index contributed by atoms with van der Waals surface area (Å²) in [6, 6.07) is 8.07. The van der Waals surface area contributed by atoms with E-state index in [2.05, 4.69) is 40.9 Å². The van der Waals surface area contributed by atoms with Crippen molar-refractivity contribution in [3.05, 3.63) is 42.7 Å². The average Bonchev–Trinajstić information content (AvgIpc) is 3.11. The first kappa shape index (κ1) is 11.8. The fraction of sp³-hybridized carbons (Fsp3) is 0.143. The first-order valence-electron chi connectivity index (χ1n) is 6.61. The minimum absolute atomic E-state index is 0.580. The van der Waals surface area contributed by atoms with E-state index in [0.717, 1.165) is 28.2 Å². The molecule has 0 bridgehead atoms. The maximum Gasteiger partial charge on any atom is 0.182 e. The number of aromatic nitrogens is 6. The minimum Gasteiger partial charge on any atom is -0.361 e. The van der Waals surface area contributed by atoms with Crippen LogP contribution in [0.1, 0.15) is 5.82 Å². The molecular formula is C14H13N7. The van der Waals surface area contributed by atoms with E-state index in [9.17, 15) is 0 Å². The molecule has 4 aromatic rings. The highest BCUT2D eigenvalue weighted by molar-refractivity contribution is 5.82. The summed E-state index contributed by atoms with van der Waals surface area (Å²) >= 11 is 0. The number of para-hydroxylation sites is 2. The van der Waals surface area contributed by atoms with E-state index in [1.807, 2.05) is 25.2 Å². The third kappa shape index (κ3) is 1.90. The van der Waals surface area contributed by atoms with Gasteiger partial charge in [0, 0.05) is 7.05 Å². The zero-order chi connectivity index (χ0) is 14.2. The second kappa shape index (κ2) is 4.55. The van der Waals surface area contributed by atoms with Gasteiger partial charge in [-0.15, -0.1) is 0 Å². The van der Waals surface area contributed by atoms with Crippen molar-refractivity contribution < 1.29 is 0 Å². The number of aromatic amines is 1. The van der Waals surface area contributed by atoms with Crippen molar-refractivity contribution in [1.29, 1.82) is 0 Å². The molecule has 0 aliphatic carbocycles. The molecule has 0 amide bonds. The van der Waals surface area contributed by atoms with E-state index in [1.165, 1.54) is 6.33 Å². The standard InChI is InChI=1S/C14H13N7/c1-21-10-5-3-2-4-9(10)20-11(21)6-15-13-12-14(17-7-16-12)19-8-18-13/h2-5,7-8H,6H2,1H3,(H2,15,16,17,18,19). The van der Waals surface area contributed by atoms with Crippen LogP contribution >= 0.6 is 0 Å². The molecule has 7 nitrogen and oxygen atoms in total. The van der Waals surface area contributed by atoms with Crippen molar-refractivity contribution >= 4 is 28.0 Å². The highest BCUT2D eigenvalue weighted by atomic mass is 15.1. The number of aryl methyl sites for hydroxylation is 1. The zero-order valence-electron chi connectivity index (χ0n) is 11.4. The molecule has 21 heavy (non-hydrogen) atoms. The van der Waals surface area contributed by atoms with E-state index < -0.39 is 0 Å². The smallest absolute Gasteiger partial charge is 0.182 e. The summed E-state index contributed by atoms with van der Waals surface area (Å²) < 4.78 is 2.08. The van der Waals surface area contributed by atoms with Crippen molar-refractivity contribution in [2.75, 3.05) is 5.32 Å². The number of fused-ring (bicyclic) bond motifs is 2. The van der Waals surface area contributed by atoms with Crippen LogP contribution in [0.5, 0.6) is 0 Å². The Hall–Kier alpha value is -2.96. The van der Waals surface area contributed by atoms with Gasteiger partial charge in [0.05, 0.1) is 23.9 Å². The number of benzene rings is 1. The van der Waals surface area contributed by atoms with Crippen LogP contribution in [0, 0.1) is 0 Å². The Morgan fingerprint density at radius 3 is 3.00 bits per heavy atom. The van der Waals surface area contributed by atoms with Crippen molar-refractivity contribution in [2.45, 2.75) is 6.54 Å². The molecule has 0 fully saturated rings. The van der Waals surface area contributed by atoms with Crippen molar-refractivity contribution in [3.8, 4) is 0 Å². The van der Waals surface area contributed by atoms with Gasteiger partial charge in [-0.1, -0.05) is 12.1 Å². The molecule has 1 aromatic carbocycles. The summed E-state index contributed by atoms with van der Waals surface area (Å²) in [6.07, 6.45) is 3.11. The Kier molecular flexibility index (Phi) is 2.56. The monoisotopic (exact) mass is 279 g/mol.